The van der Waals surface area contributed by atoms with Gasteiger partial charge in [-0.2, -0.15) is 0 Å². The van der Waals surface area contributed by atoms with Gasteiger partial charge in [0.1, 0.15) is 0 Å². The van der Waals surface area contributed by atoms with Gasteiger partial charge in [0.2, 0.25) is 0 Å². The van der Waals surface area contributed by atoms with Crippen LogP contribution < -0.4 is 0 Å². The SMILES string of the molecule is CCCCCCCCCCCCCCCCCC(=O)OC(=O)c1ccccc1.[MgH2].[NaH]. The van der Waals surface area contributed by atoms with E-state index in [4.69, 9.17) is 4.74 Å². The van der Waals surface area contributed by atoms with Crippen molar-refractivity contribution in [2.75, 3.05) is 0 Å². The van der Waals surface area contributed by atoms with Crippen molar-refractivity contribution in [2.24, 2.45) is 0 Å². The molecule has 1 rings (SSSR count). The maximum absolute atomic E-state index is 11.8. The monoisotopic (exact) mass is 438 g/mol. The van der Waals surface area contributed by atoms with E-state index in [1.54, 1.807) is 24.3 Å². The average Bonchev–Trinajstić information content (AvgIpc) is 2.71. The summed E-state index contributed by atoms with van der Waals surface area (Å²) in [6, 6.07) is 8.66. The number of benzene rings is 1. The summed E-state index contributed by atoms with van der Waals surface area (Å²) in [6.07, 6.45) is 19.7. The van der Waals surface area contributed by atoms with Crippen LogP contribution in [0.15, 0.2) is 30.3 Å². The average molecular weight is 439 g/mol. The molecule has 0 aliphatic rings. The van der Waals surface area contributed by atoms with Gasteiger partial charge in [-0.05, 0) is 18.6 Å². The molecule has 5 heteroatoms. The van der Waals surface area contributed by atoms with Crippen LogP contribution in [0.5, 0.6) is 0 Å². The molecule has 0 amide bonds. The van der Waals surface area contributed by atoms with E-state index in [1.165, 1.54) is 77.0 Å². The Bertz CT molecular complexity index is 522. The fourth-order valence-electron chi connectivity index (χ4n) is 3.43. The van der Waals surface area contributed by atoms with E-state index in [9.17, 15) is 9.59 Å². The predicted octanol–water partition coefficient (Wildman–Crippen LogP) is 6.07. The summed E-state index contributed by atoms with van der Waals surface area (Å²) >= 11 is 0. The van der Waals surface area contributed by atoms with Crippen molar-refractivity contribution in [2.45, 2.75) is 110 Å². The molecule has 0 atom stereocenters. The van der Waals surface area contributed by atoms with Gasteiger partial charge in [-0.1, -0.05) is 115 Å². The normalized spacial score (nSPS) is 10.0. The molecule has 0 radical (unpaired) electrons. The van der Waals surface area contributed by atoms with Crippen molar-refractivity contribution in [3.8, 4) is 0 Å². The Hall–Kier alpha value is 0.126. The van der Waals surface area contributed by atoms with Gasteiger partial charge in [0.15, 0.2) is 0 Å². The van der Waals surface area contributed by atoms with Crippen LogP contribution in [0.2, 0.25) is 0 Å². The summed E-state index contributed by atoms with van der Waals surface area (Å²) < 4.78 is 4.88. The Morgan fingerprint density at radius 2 is 1.07 bits per heavy atom. The predicted molar refractivity (Wildman–Crippen MR) is 132 cm³/mol. The van der Waals surface area contributed by atoms with Crippen molar-refractivity contribution >= 4 is 64.5 Å². The summed E-state index contributed by atoms with van der Waals surface area (Å²) in [5.74, 6) is -0.963. The topological polar surface area (TPSA) is 43.4 Å². The van der Waals surface area contributed by atoms with E-state index >= 15 is 0 Å². The number of ether oxygens (including phenoxy) is 1. The van der Waals surface area contributed by atoms with Gasteiger partial charge in [0.05, 0.1) is 5.56 Å². The first-order valence-corrected chi connectivity index (χ1v) is 11.5. The third kappa shape index (κ3) is 18.9. The summed E-state index contributed by atoms with van der Waals surface area (Å²) in [5.41, 5.74) is 0.423. The molecule has 0 unspecified atom stereocenters. The second-order valence-electron chi connectivity index (χ2n) is 7.83. The summed E-state index contributed by atoms with van der Waals surface area (Å²) in [6.45, 7) is 2.27. The fourth-order valence-corrected chi connectivity index (χ4v) is 3.43. The molecule has 0 aliphatic heterocycles. The van der Waals surface area contributed by atoms with Gasteiger partial charge < -0.3 is 4.74 Å². The van der Waals surface area contributed by atoms with Crippen LogP contribution in [0.3, 0.4) is 0 Å². The zero-order valence-corrected chi connectivity index (χ0v) is 17.9. The van der Waals surface area contributed by atoms with Gasteiger partial charge in [0, 0.05) is 6.42 Å². The van der Waals surface area contributed by atoms with Crippen molar-refractivity contribution in [3.05, 3.63) is 35.9 Å². The molecule has 0 saturated heterocycles. The molecule has 0 N–H and O–H groups in total. The maximum atomic E-state index is 11.8. The van der Waals surface area contributed by atoms with Crippen molar-refractivity contribution in [1.29, 1.82) is 0 Å². The van der Waals surface area contributed by atoms with Crippen LogP contribution in [-0.4, -0.2) is 64.5 Å². The van der Waals surface area contributed by atoms with Gasteiger partial charge in [0.25, 0.3) is 0 Å². The van der Waals surface area contributed by atoms with Crippen molar-refractivity contribution in [1.82, 2.24) is 0 Å². The number of esters is 2. The molecule has 0 aromatic heterocycles. The number of hydrogen-bond acceptors (Lipinski definition) is 3. The zero-order chi connectivity index (χ0) is 20.3. The standard InChI is InChI=1S/C25H40O3.Mg.Na.3H/c1-2-3-4-5-6-7-8-9-10-11-12-13-14-15-19-22-24(26)28-25(27)23-20-17-16-18-21-23;;;;;/h16-18,20-21H,2-15,19,22H2,1H3;;;;;. The van der Waals surface area contributed by atoms with E-state index in [1.807, 2.05) is 6.07 Å². The Balaban J connectivity index is 0. The van der Waals surface area contributed by atoms with Crippen molar-refractivity contribution in [3.63, 3.8) is 0 Å². The van der Waals surface area contributed by atoms with E-state index in [0.717, 1.165) is 19.3 Å². The molecular formula is C25H43MgNaO3. The molecule has 1 aromatic carbocycles. The molecule has 3 nitrogen and oxygen atoms in total. The van der Waals surface area contributed by atoms with E-state index in [2.05, 4.69) is 6.92 Å². The second kappa shape index (κ2) is 23.8. The summed E-state index contributed by atoms with van der Waals surface area (Å²) in [7, 11) is 0. The Labute approximate surface area is 222 Å². The van der Waals surface area contributed by atoms with Crippen LogP contribution in [0.25, 0.3) is 0 Å². The summed E-state index contributed by atoms with van der Waals surface area (Å²) in [4.78, 5) is 23.5. The number of carbonyl (C=O) groups excluding carboxylic acids is 2. The number of hydrogen-bond donors (Lipinski definition) is 0. The first kappa shape index (κ1) is 32.3. The first-order valence-electron chi connectivity index (χ1n) is 11.5. The third-order valence-corrected chi connectivity index (χ3v) is 5.20. The fraction of sp³-hybridized carbons (Fsp3) is 0.680. The van der Waals surface area contributed by atoms with Crippen LogP contribution in [-0.2, 0) is 9.53 Å². The molecule has 0 spiro atoms. The van der Waals surface area contributed by atoms with Crippen molar-refractivity contribution < 1.29 is 14.3 Å². The molecule has 30 heavy (non-hydrogen) atoms. The molecular weight excluding hydrogens is 396 g/mol. The molecule has 0 aliphatic carbocycles. The number of rotatable bonds is 17. The molecule has 0 saturated carbocycles. The van der Waals surface area contributed by atoms with Crippen LogP contribution in [0.4, 0.5) is 0 Å². The Kier molecular flexibility index (Phi) is 25.6. The quantitative estimate of drug-likeness (QED) is 0.128. The van der Waals surface area contributed by atoms with Gasteiger partial charge in [-0.25, -0.2) is 4.79 Å². The third-order valence-electron chi connectivity index (χ3n) is 5.20. The van der Waals surface area contributed by atoms with Gasteiger partial charge in [-0.15, -0.1) is 0 Å². The molecule has 0 fully saturated rings. The van der Waals surface area contributed by atoms with Gasteiger partial charge in [-0.3, -0.25) is 4.79 Å². The van der Waals surface area contributed by atoms with E-state index < -0.39 is 11.9 Å². The van der Waals surface area contributed by atoms with Crippen LogP contribution in [0, 0.1) is 0 Å². The minimum absolute atomic E-state index is 0. The van der Waals surface area contributed by atoms with E-state index in [-0.39, 0.29) is 52.6 Å². The van der Waals surface area contributed by atoms with Crippen LogP contribution >= 0.6 is 0 Å². The van der Waals surface area contributed by atoms with E-state index in [0.29, 0.717) is 12.0 Å². The van der Waals surface area contributed by atoms with Gasteiger partial charge >= 0.3 is 64.5 Å². The Morgan fingerprint density at radius 1 is 0.667 bits per heavy atom. The molecule has 1 aromatic rings. The number of unbranched alkanes of at least 4 members (excludes halogenated alkanes) is 14. The molecule has 0 bridgehead atoms. The second-order valence-corrected chi connectivity index (χ2v) is 7.83. The number of carbonyl (C=O) groups is 2. The molecule has 164 valence electrons. The van der Waals surface area contributed by atoms with Crippen LogP contribution in [0.1, 0.15) is 120 Å². The Morgan fingerprint density at radius 3 is 1.50 bits per heavy atom. The first-order chi connectivity index (χ1) is 13.7. The summed E-state index contributed by atoms with van der Waals surface area (Å²) in [5, 5.41) is 0. The zero-order valence-electron chi connectivity index (χ0n) is 17.9. The molecule has 0 heterocycles. The minimum atomic E-state index is -0.549.